The van der Waals surface area contributed by atoms with Crippen molar-refractivity contribution in [3.8, 4) is 5.75 Å². The zero-order chi connectivity index (χ0) is 14.3. The highest BCUT2D eigenvalue weighted by Crippen LogP contribution is 2.16. The van der Waals surface area contributed by atoms with Crippen LogP contribution in [0.25, 0.3) is 0 Å². The van der Waals surface area contributed by atoms with Gasteiger partial charge in [0.1, 0.15) is 5.75 Å². The van der Waals surface area contributed by atoms with Gasteiger partial charge in [0.25, 0.3) is 0 Å². The van der Waals surface area contributed by atoms with E-state index in [-0.39, 0.29) is 12.6 Å². The largest absolute Gasteiger partial charge is 0.496 e. The van der Waals surface area contributed by atoms with Crippen LogP contribution in [0, 0.1) is 0 Å². The number of carbonyl (C=O) groups is 1. The van der Waals surface area contributed by atoms with E-state index >= 15 is 0 Å². The Balaban J connectivity index is 2.42. The molecule has 1 atom stereocenters. The maximum atomic E-state index is 11.6. The first-order valence-electron chi connectivity index (χ1n) is 6.34. The fourth-order valence-corrected chi connectivity index (χ4v) is 1.48. The zero-order valence-corrected chi connectivity index (χ0v) is 11.7. The molecule has 0 unspecified atom stereocenters. The molecule has 0 radical (unpaired) electrons. The van der Waals surface area contributed by atoms with Gasteiger partial charge in [-0.1, -0.05) is 25.1 Å². The van der Waals surface area contributed by atoms with Crippen molar-refractivity contribution >= 4 is 6.03 Å². The van der Waals surface area contributed by atoms with Crippen LogP contribution >= 0.6 is 0 Å². The molecule has 0 heterocycles. The van der Waals surface area contributed by atoms with Gasteiger partial charge in [0, 0.05) is 18.7 Å². The predicted molar refractivity (Wildman–Crippen MR) is 74.1 cm³/mol. The summed E-state index contributed by atoms with van der Waals surface area (Å²) in [5, 5.41) is 15.1. The lowest BCUT2D eigenvalue weighted by Gasteiger charge is -2.21. The van der Waals surface area contributed by atoms with Gasteiger partial charge in [0.15, 0.2) is 0 Å². The molecule has 0 saturated heterocycles. The van der Waals surface area contributed by atoms with Crippen LogP contribution in [0.15, 0.2) is 24.3 Å². The summed E-state index contributed by atoms with van der Waals surface area (Å²) in [6.45, 7) is 4.16. The maximum Gasteiger partial charge on any atom is 0.315 e. The molecular weight excluding hydrogens is 244 g/mol. The number of aliphatic hydroxyl groups is 1. The van der Waals surface area contributed by atoms with Crippen LogP contribution in [0.2, 0.25) is 0 Å². The fraction of sp³-hybridized carbons (Fsp3) is 0.500. The van der Waals surface area contributed by atoms with Gasteiger partial charge in [0.05, 0.1) is 12.7 Å². The highest BCUT2D eigenvalue weighted by Gasteiger charge is 2.18. The van der Waals surface area contributed by atoms with Crippen LogP contribution in [-0.4, -0.2) is 30.4 Å². The lowest BCUT2D eigenvalue weighted by molar-refractivity contribution is 0.0581. The molecule has 0 spiro atoms. The molecule has 2 amide bonds. The molecule has 0 aliphatic heterocycles. The normalized spacial score (nSPS) is 13.5. The van der Waals surface area contributed by atoms with Crippen molar-refractivity contribution in [1.82, 2.24) is 10.6 Å². The summed E-state index contributed by atoms with van der Waals surface area (Å²) in [4.78, 5) is 11.6. The molecule has 1 rings (SSSR count). The molecule has 0 fully saturated rings. The van der Waals surface area contributed by atoms with E-state index in [1.807, 2.05) is 31.2 Å². The first-order chi connectivity index (χ1) is 8.98. The Hall–Kier alpha value is -1.75. The molecule has 1 aromatic carbocycles. The number of methoxy groups -OCH3 is 1. The van der Waals surface area contributed by atoms with Crippen molar-refractivity contribution in [1.29, 1.82) is 0 Å². The molecule has 0 bridgehead atoms. The fourth-order valence-electron chi connectivity index (χ4n) is 1.48. The van der Waals surface area contributed by atoms with Crippen LogP contribution in [0.1, 0.15) is 25.8 Å². The molecule has 0 aromatic heterocycles. The highest BCUT2D eigenvalue weighted by molar-refractivity contribution is 5.74. The van der Waals surface area contributed by atoms with E-state index in [1.165, 1.54) is 0 Å². The lowest BCUT2D eigenvalue weighted by atomic mass is 10.0. The lowest BCUT2D eigenvalue weighted by Crippen LogP contribution is -2.44. The first kappa shape index (κ1) is 15.3. The molecule has 0 aliphatic carbocycles. The number of carbonyl (C=O) groups excluding carboxylic acids is 1. The van der Waals surface area contributed by atoms with Crippen LogP contribution < -0.4 is 15.4 Å². The molecule has 0 saturated carbocycles. The van der Waals surface area contributed by atoms with Crippen molar-refractivity contribution in [3.63, 3.8) is 0 Å². The zero-order valence-electron chi connectivity index (χ0n) is 11.7. The van der Waals surface area contributed by atoms with Gasteiger partial charge in [-0.3, -0.25) is 0 Å². The third-order valence-corrected chi connectivity index (χ3v) is 3.02. The number of amides is 2. The second-order valence-electron chi connectivity index (χ2n) is 4.70. The molecular formula is C14H22N2O3. The number of hydrogen-bond donors (Lipinski definition) is 3. The Morgan fingerprint density at radius 2 is 2.05 bits per heavy atom. The second kappa shape index (κ2) is 6.99. The molecule has 0 aliphatic rings. The van der Waals surface area contributed by atoms with Gasteiger partial charge < -0.3 is 20.5 Å². The molecule has 1 aromatic rings. The van der Waals surface area contributed by atoms with E-state index in [0.29, 0.717) is 13.0 Å². The summed E-state index contributed by atoms with van der Waals surface area (Å²) < 4.78 is 5.20. The summed E-state index contributed by atoms with van der Waals surface area (Å²) >= 11 is 0. The summed E-state index contributed by atoms with van der Waals surface area (Å²) in [7, 11) is 1.59. The minimum Gasteiger partial charge on any atom is -0.496 e. The van der Waals surface area contributed by atoms with Gasteiger partial charge in [-0.2, -0.15) is 0 Å². The van der Waals surface area contributed by atoms with Crippen molar-refractivity contribution in [2.45, 2.75) is 32.4 Å². The monoisotopic (exact) mass is 266 g/mol. The van der Waals surface area contributed by atoms with Crippen LogP contribution in [0.4, 0.5) is 4.79 Å². The molecule has 19 heavy (non-hydrogen) atoms. The summed E-state index contributed by atoms with van der Waals surface area (Å²) in [5.41, 5.74) is 0.0318. The van der Waals surface area contributed by atoms with Crippen LogP contribution in [0.5, 0.6) is 5.75 Å². The van der Waals surface area contributed by atoms with Gasteiger partial charge in [-0.05, 0) is 19.4 Å². The molecule has 5 nitrogen and oxygen atoms in total. The van der Waals surface area contributed by atoms with E-state index in [4.69, 9.17) is 4.74 Å². The number of ether oxygens (including phenoxy) is 1. The minimum atomic E-state index is -0.873. The van der Waals surface area contributed by atoms with Crippen LogP contribution in [-0.2, 0) is 6.54 Å². The Kier molecular flexibility index (Phi) is 5.63. The summed E-state index contributed by atoms with van der Waals surface area (Å²) in [6, 6.07) is 7.19. The SMILES string of the molecule is CC[C@@](C)(O)CNC(=O)NCc1ccccc1OC. The number of rotatable bonds is 6. The van der Waals surface area contributed by atoms with E-state index in [2.05, 4.69) is 10.6 Å². The minimum absolute atomic E-state index is 0.223. The number of benzene rings is 1. The molecule has 3 N–H and O–H groups in total. The summed E-state index contributed by atoms with van der Waals surface area (Å²) in [6.07, 6.45) is 0.583. The van der Waals surface area contributed by atoms with E-state index in [9.17, 15) is 9.90 Å². The van der Waals surface area contributed by atoms with Gasteiger partial charge in [-0.15, -0.1) is 0 Å². The molecule has 106 valence electrons. The van der Waals surface area contributed by atoms with E-state index < -0.39 is 5.60 Å². The number of hydrogen-bond acceptors (Lipinski definition) is 3. The average molecular weight is 266 g/mol. The Morgan fingerprint density at radius 1 is 1.37 bits per heavy atom. The van der Waals surface area contributed by atoms with Crippen molar-refractivity contribution < 1.29 is 14.6 Å². The third kappa shape index (κ3) is 5.18. The number of para-hydroxylation sites is 1. The predicted octanol–water partition coefficient (Wildman–Crippen LogP) is 1.66. The van der Waals surface area contributed by atoms with E-state index in [0.717, 1.165) is 11.3 Å². The Morgan fingerprint density at radius 3 is 2.68 bits per heavy atom. The van der Waals surface area contributed by atoms with Crippen molar-refractivity contribution in [2.24, 2.45) is 0 Å². The third-order valence-electron chi connectivity index (χ3n) is 3.02. The quantitative estimate of drug-likeness (QED) is 0.733. The van der Waals surface area contributed by atoms with Gasteiger partial charge in [0.2, 0.25) is 0 Å². The van der Waals surface area contributed by atoms with Crippen molar-refractivity contribution in [2.75, 3.05) is 13.7 Å². The average Bonchev–Trinajstić information content (AvgIpc) is 2.43. The highest BCUT2D eigenvalue weighted by atomic mass is 16.5. The molecule has 5 heteroatoms. The van der Waals surface area contributed by atoms with Crippen LogP contribution in [0.3, 0.4) is 0 Å². The smallest absolute Gasteiger partial charge is 0.315 e. The first-order valence-corrected chi connectivity index (χ1v) is 6.34. The Labute approximate surface area is 114 Å². The maximum absolute atomic E-state index is 11.6. The standard InChI is InChI=1S/C14H22N2O3/c1-4-14(2,18)10-16-13(17)15-9-11-7-5-6-8-12(11)19-3/h5-8,18H,4,9-10H2,1-3H3,(H2,15,16,17)/t14-/m1/s1. The van der Waals surface area contributed by atoms with Gasteiger partial charge in [-0.25, -0.2) is 4.79 Å². The number of urea groups is 1. The Bertz CT molecular complexity index is 419. The number of nitrogens with one attached hydrogen (secondary N) is 2. The topological polar surface area (TPSA) is 70.6 Å². The summed E-state index contributed by atoms with van der Waals surface area (Å²) in [5.74, 6) is 0.739. The van der Waals surface area contributed by atoms with E-state index in [1.54, 1.807) is 14.0 Å². The van der Waals surface area contributed by atoms with Crippen molar-refractivity contribution in [3.05, 3.63) is 29.8 Å². The van der Waals surface area contributed by atoms with Gasteiger partial charge >= 0.3 is 6.03 Å². The second-order valence-corrected chi connectivity index (χ2v) is 4.70.